The van der Waals surface area contributed by atoms with Crippen molar-refractivity contribution in [2.24, 2.45) is 0 Å². The molecule has 7 heavy (non-hydrogen) atoms. The summed E-state index contributed by atoms with van der Waals surface area (Å²) in [7, 11) is 2.13. The highest BCUT2D eigenvalue weighted by Crippen LogP contribution is 2.25. The molecule has 0 aromatic rings. The molecule has 0 aromatic carbocycles. The summed E-state index contributed by atoms with van der Waals surface area (Å²) in [6.07, 6.45) is 4.95. The fourth-order valence-electron chi connectivity index (χ4n) is 0.770. The van der Waals surface area contributed by atoms with E-state index in [2.05, 4.69) is 29.2 Å². The Labute approximate surface area is 43.0 Å². The van der Waals surface area contributed by atoms with Crippen molar-refractivity contribution in [2.45, 2.75) is 6.17 Å². The van der Waals surface area contributed by atoms with E-state index in [1.54, 1.807) is 0 Å². The summed E-state index contributed by atoms with van der Waals surface area (Å²) in [5.74, 6) is 0. The van der Waals surface area contributed by atoms with Crippen LogP contribution in [0, 0.1) is 0 Å². The standard InChI is InChI=1S/C5H8N2/c1-6-4-5(6)7-2-3-7/h2-3,5H,4H2,1H3. The summed E-state index contributed by atoms with van der Waals surface area (Å²) < 4.78 is 0. The summed E-state index contributed by atoms with van der Waals surface area (Å²) in [6.45, 7) is 1.24. The third-order valence-corrected chi connectivity index (χ3v) is 1.49. The van der Waals surface area contributed by atoms with Crippen molar-refractivity contribution in [3.05, 3.63) is 12.4 Å². The monoisotopic (exact) mass is 96.1 g/mol. The lowest BCUT2D eigenvalue weighted by Gasteiger charge is -1.94. The van der Waals surface area contributed by atoms with Gasteiger partial charge in [-0.15, -0.1) is 0 Å². The second-order valence-electron chi connectivity index (χ2n) is 2.17. The third kappa shape index (κ3) is 0.431. The van der Waals surface area contributed by atoms with Gasteiger partial charge in [-0.1, -0.05) is 0 Å². The van der Waals surface area contributed by atoms with Crippen LogP contribution in [0.4, 0.5) is 0 Å². The van der Waals surface area contributed by atoms with Crippen LogP contribution in [-0.2, 0) is 0 Å². The van der Waals surface area contributed by atoms with Crippen LogP contribution in [0.5, 0.6) is 0 Å². The minimum atomic E-state index is 0.736. The second kappa shape index (κ2) is 0.842. The lowest BCUT2D eigenvalue weighted by atomic mass is 10.7. The molecule has 0 radical (unpaired) electrons. The van der Waals surface area contributed by atoms with E-state index in [4.69, 9.17) is 0 Å². The molecule has 2 atom stereocenters. The molecule has 2 heterocycles. The molecule has 0 amide bonds. The van der Waals surface area contributed by atoms with Crippen LogP contribution in [0.3, 0.4) is 0 Å². The summed E-state index contributed by atoms with van der Waals surface area (Å²) in [5.41, 5.74) is 0. The molecule has 1 fully saturated rings. The molecule has 2 unspecified atom stereocenters. The van der Waals surface area contributed by atoms with Crippen molar-refractivity contribution in [3.63, 3.8) is 0 Å². The molecule has 1 saturated heterocycles. The summed E-state index contributed by atoms with van der Waals surface area (Å²) in [4.78, 5) is 4.51. The van der Waals surface area contributed by atoms with Crippen LogP contribution >= 0.6 is 0 Å². The molecule has 0 N–H and O–H groups in total. The first-order chi connectivity index (χ1) is 3.38. The SMILES string of the molecule is CN1CC1N1C=C1. The summed E-state index contributed by atoms with van der Waals surface area (Å²) >= 11 is 0. The highest BCUT2D eigenvalue weighted by atomic mass is 15.5. The molecule has 2 aliphatic heterocycles. The second-order valence-corrected chi connectivity index (χ2v) is 2.17. The zero-order valence-corrected chi connectivity index (χ0v) is 4.33. The van der Waals surface area contributed by atoms with E-state index in [0.717, 1.165) is 6.17 Å². The molecular weight excluding hydrogens is 88.1 g/mol. The first-order valence-corrected chi connectivity index (χ1v) is 2.54. The van der Waals surface area contributed by atoms with Gasteiger partial charge in [-0.3, -0.25) is 4.90 Å². The van der Waals surface area contributed by atoms with E-state index in [0.29, 0.717) is 0 Å². The van der Waals surface area contributed by atoms with Gasteiger partial charge in [0.05, 0.1) is 6.17 Å². The van der Waals surface area contributed by atoms with Crippen molar-refractivity contribution in [1.82, 2.24) is 9.80 Å². The molecule has 0 aliphatic carbocycles. The van der Waals surface area contributed by atoms with Gasteiger partial charge in [-0.05, 0) is 7.05 Å². The molecule has 2 nitrogen and oxygen atoms in total. The van der Waals surface area contributed by atoms with E-state index < -0.39 is 0 Å². The van der Waals surface area contributed by atoms with Gasteiger partial charge >= 0.3 is 0 Å². The van der Waals surface area contributed by atoms with Gasteiger partial charge < -0.3 is 4.90 Å². The number of nitrogens with zero attached hydrogens (tertiary/aromatic N) is 2. The molecule has 0 saturated carbocycles. The third-order valence-electron chi connectivity index (χ3n) is 1.49. The topological polar surface area (TPSA) is 6.02 Å². The van der Waals surface area contributed by atoms with Crippen LogP contribution in [0.15, 0.2) is 12.4 Å². The van der Waals surface area contributed by atoms with Crippen LogP contribution < -0.4 is 0 Å². The molecule has 0 bridgehead atoms. The first-order valence-electron chi connectivity index (χ1n) is 2.54. The Hall–Kier alpha value is -0.500. The Bertz CT molecular complexity index is 113. The largest absolute Gasteiger partial charge is 0.334 e. The number of likely N-dealkylation sites (N-methyl/N-ethyl adjacent to an activating group) is 1. The highest BCUT2D eigenvalue weighted by molar-refractivity contribution is 5.09. The van der Waals surface area contributed by atoms with E-state index >= 15 is 0 Å². The Morgan fingerprint density at radius 2 is 2.14 bits per heavy atom. The highest BCUT2D eigenvalue weighted by Gasteiger charge is 2.36. The van der Waals surface area contributed by atoms with Crippen molar-refractivity contribution in [3.8, 4) is 0 Å². The van der Waals surface area contributed by atoms with Crippen molar-refractivity contribution < 1.29 is 0 Å². The van der Waals surface area contributed by atoms with Crippen LogP contribution in [0.1, 0.15) is 0 Å². The summed E-state index contributed by atoms with van der Waals surface area (Å²) in [6, 6.07) is 0. The summed E-state index contributed by atoms with van der Waals surface area (Å²) in [5, 5.41) is 0. The van der Waals surface area contributed by atoms with Gasteiger partial charge in [-0.2, -0.15) is 0 Å². The van der Waals surface area contributed by atoms with Crippen LogP contribution in [0.2, 0.25) is 0 Å². The van der Waals surface area contributed by atoms with Crippen molar-refractivity contribution >= 4 is 0 Å². The van der Waals surface area contributed by atoms with E-state index in [1.807, 2.05) is 0 Å². The maximum absolute atomic E-state index is 2.29. The zero-order chi connectivity index (χ0) is 4.85. The fourth-order valence-corrected chi connectivity index (χ4v) is 0.770. The van der Waals surface area contributed by atoms with Crippen LogP contribution in [-0.4, -0.2) is 29.6 Å². The molecule has 2 heteroatoms. The van der Waals surface area contributed by atoms with E-state index in [9.17, 15) is 0 Å². The molecule has 2 rings (SSSR count). The van der Waals surface area contributed by atoms with Gasteiger partial charge in [0, 0.05) is 18.9 Å². The lowest BCUT2D eigenvalue weighted by Crippen LogP contribution is -2.04. The average Bonchev–Trinajstić information content (AvgIpc) is 2.23. The normalized spacial score (nSPS) is 44.4. The zero-order valence-electron chi connectivity index (χ0n) is 4.33. The van der Waals surface area contributed by atoms with Gasteiger partial charge in [0.1, 0.15) is 0 Å². The van der Waals surface area contributed by atoms with Crippen LogP contribution in [0.25, 0.3) is 0 Å². The van der Waals surface area contributed by atoms with Crippen molar-refractivity contribution in [1.29, 1.82) is 0 Å². The predicted molar refractivity (Wildman–Crippen MR) is 27.4 cm³/mol. The Morgan fingerprint density at radius 1 is 1.57 bits per heavy atom. The molecule has 0 spiro atoms. The van der Waals surface area contributed by atoms with E-state index in [-0.39, 0.29) is 0 Å². The smallest absolute Gasteiger partial charge is 0.0987 e. The predicted octanol–water partition coefficient (Wildman–Crippen LogP) is 0.0447. The maximum Gasteiger partial charge on any atom is 0.0987 e. The average molecular weight is 96.1 g/mol. The van der Waals surface area contributed by atoms with E-state index in [1.165, 1.54) is 6.54 Å². The minimum Gasteiger partial charge on any atom is -0.334 e. The Balaban J connectivity index is 1.90. The van der Waals surface area contributed by atoms with Gasteiger partial charge in [0.25, 0.3) is 0 Å². The van der Waals surface area contributed by atoms with Gasteiger partial charge in [-0.25, -0.2) is 0 Å². The van der Waals surface area contributed by atoms with Crippen molar-refractivity contribution in [2.75, 3.05) is 13.6 Å². The first kappa shape index (κ1) is 3.50. The number of hydrogen-bond donors (Lipinski definition) is 0. The number of rotatable bonds is 1. The Kier molecular flexibility index (Phi) is 0.421. The minimum absolute atomic E-state index is 0.736. The van der Waals surface area contributed by atoms with Gasteiger partial charge in [0.15, 0.2) is 0 Å². The lowest BCUT2D eigenvalue weighted by molar-refractivity contribution is 0.467. The maximum atomic E-state index is 2.29. The molecule has 0 aromatic heterocycles. The fraction of sp³-hybridized carbons (Fsp3) is 0.600. The number of hydrogen-bond acceptors (Lipinski definition) is 2. The Morgan fingerprint density at radius 3 is 2.29 bits per heavy atom. The quantitative estimate of drug-likeness (QED) is 0.425. The van der Waals surface area contributed by atoms with Gasteiger partial charge in [0.2, 0.25) is 0 Å². The molecule has 2 aliphatic rings. The molecule has 38 valence electrons. The molecular formula is C5H8N2.